The van der Waals surface area contributed by atoms with E-state index in [-0.39, 0.29) is 127 Å². The molecule has 3 aromatic rings. The molecule has 0 unspecified atom stereocenters. The number of fused-ring (bicyclic) bond motifs is 17. The van der Waals surface area contributed by atoms with Crippen molar-refractivity contribution in [3.05, 3.63) is 110 Å². The Kier molecular flexibility index (Phi) is 29.3. The van der Waals surface area contributed by atoms with Gasteiger partial charge < -0.3 is 62.9 Å². The molecule has 6 saturated carbocycles. The zero-order valence-electron chi connectivity index (χ0n) is 80.4. The van der Waals surface area contributed by atoms with Gasteiger partial charge in [0.1, 0.15) is 69.1 Å². The van der Waals surface area contributed by atoms with Gasteiger partial charge in [0.15, 0.2) is 17.2 Å². The summed E-state index contributed by atoms with van der Waals surface area (Å²) in [6, 6.07) is 5.80. The van der Waals surface area contributed by atoms with Gasteiger partial charge in [0.25, 0.3) is 23.6 Å². The highest BCUT2D eigenvalue weighted by Gasteiger charge is 2.62. The number of hydrogen-bond donors (Lipinski definition) is 3. The molecule has 6 saturated heterocycles. The Morgan fingerprint density at radius 2 is 0.850 bits per heavy atom. The number of nitrogens with zero attached hydrogens (tertiary/aromatic N) is 8. The number of esters is 3. The van der Waals surface area contributed by atoms with Crippen molar-refractivity contribution in [2.45, 2.75) is 322 Å². The summed E-state index contributed by atoms with van der Waals surface area (Å²) in [4.78, 5) is 184. The number of aromatic nitrogens is 1. The standard InChI is InChI=1S/C22H20F3N3O4.C21H26N2O4.C14H23NO4.C14H21NO4.C13H19NO5.C13H23NO3/c1-9-2-10-3-16(9)28-17(10)8-27-7-13(19(29)20(30)18(27)22(28)32)21(31)26-6-12-14(24)4-11(23)5-15(12)25;1-12-9-13-10-16(12)23(20(26)27-21(2,3)4)17(13)11-22-18(24)14-7-5-6-8-15(14)19(22)25;2*1-8-6-9-7-10(8)15(11(9)12(16)18-5)13(17)19-14(2,3)4;1-13(2,3)19-12(17)14-8-5-7(6-9(8)15)10(14)11(16)18-4;1-8-5-9-6-10(8)14(11(9)7-15)12(16)17-13(2,3)4/h4-5,7,9-10,16-17,30H,2-3,6,8H2,1H3,(H,26,31);5-8,12-13,16-17H,9-11H2,1-4H3;8-11H,6-7H2,1-5H3;9-11H,1,6-7H2,2-5H3;7-8,10H,5-6H2,1-4H3;8-11,15H,5-7H2,1-4H3/t9-,10+,16+,17-;12-,13+,16+,17-;8-,9+,10+,11+;9-,10-,11-;7-,8+,10+;8-,9+,10+,11-/m000100/s1. The van der Waals surface area contributed by atoms with Crippen molar-refractivity contribution in [1.82, 2.24) is 44.2 Å². The van der Waals surface area contributed by atoms with Crippen molar-refractivity contribution in [1.29, 1.82) is 0 Å². The Morgan fingerprint density at radius 3 is 1.32 bits per heavy atom. The number of halogens is 3. The van der Waals surface area contributed by atoms with E-state index >= 15 is 0 Å². The summed E-state index contributed by atoms with van der Waals surface area (Å²) >= 11 is 0. The molecule has 2 aromatic carbocycles. The molecule has 12 bridgehead atoms. The molecule has 14 aliphatic rings. The summed E-state index contributed by atoms with van der Waals surface area (Å²) < 4.78 is 83.7. The first-order valence-corrected chi connectivity index (χ1v) is 46.2. The quantitative estimate of drug-likeness (QED) is 0.0775. The van der Waals surface area contributed by atoms with E-state index in [1.165, 1.54) is 46.8 Å². The van der Waals surface area contributed by atoms with Gasteiger partial charge in [-0.2, -0.15) is 0 Å². The Hall–Kier alpha value is -10.8. The average Bonchev–Trinajstić information content (AvgIpc) is 1.62. The van der Waals surface area contributed by atoms with Gasteiger partial charge in [0, 0.05) is 67.6 Å². The number of piperidine rings is 6. The molecule has 0 spiro atoms. The van der Waals surface area contributed by atoms with E-state index in [1.54, 1.807) is 85.4 Å². The normalized spacial score (nSPS) is 30.0. The highest BCUT2D eigenvalue weighted by Crippen LogP contribution is 2.53. The lowest BCUT2D eigenvalue weighted by Crippen LogP contribution is -2.54. The largest absolute Gasteiger partial charge is 0.503 e. The van der Waals surface area contributed by atoms with Gasteiger partial charge in [-0.05, 0) is 246 Å². The minimum absolute atomic E-state index is 0.00369. The van der Waals surface area contributed by atoms with E-state index in [9.17, 15) is 90.5 Å². The van der Waals surface area contributed by atoms with Crippen LogP contribution in [-0.2, 0) is 70.2 Å². The second-order valence-corrected chi connectivity index (χ2v) is 43.1. The molecule has 1 aromatic heterocycles. The van der Waals surface area contributed by atoms with E-state index in [2.05, 4.69) is 39.6 Å². The molecule has 12 fully saturated rings. The molecule has 8 aliphatic heterocycles. The predicted molar refractivity (Wildman–Crippen MR) is 474 cm³/mol. The summed E-state index contributed by atoms with van der Waals surface area (Å²) in [5.74, 6) is -4.47. The third-order valence-electron chi connectivity index (χ3n) is 28.1. The summed E-state index contributed by atoms with van der Waals surface area (Å²) in [6.45, 7) is 39.8. The smallest absolute Gasteiger partial charge is 0.411 e. The van der Waals surface area contributed by atoms with Crippen LogP contribution in [0.15, 0.2) is 59.5 Å². The first kappa shape index (κ1) is 101. The molecule has 3 N–H and O–H groups in total. The highest BCUT2D eigenvalue weighted by molar-refractivity contribution is 6.21. The van der Waals surface area contributed by atoms with Crippen LogP contribution in [0.4, 0.5) is 37.1 Å². The number of ketones is 1. The number of Topliss-reactive ketones (excluding diaryl/α,β-unsaturated/α-hetero) is 1. The van der Waals surface area contributed by atoms with Crippen LogP contribution in [0.25, 0.3) is 0 Å². The number of likely N-dealkylation sites (tertiary alicyclic amines) is 5. The van der Waals surface area contributed by atoms with Crippen LogP contribution in [0.3, 0.4) is 0 Å². The van der Waals surface area contributed by atoms with Gasteiger partial charge in [0.2, 0.25) is 5.43 Å². The molecule has 133 heavy (non-hydrogen) atoms. The summed E-state index contributed by atoms with van der Waals surface area (Å²) in [6.07, 6.45) is 9.30. The Morgan fingerprint density at radius 1 is 0.466 bits per heavy atom. The number of aliphatic hydroxyl groups excluding tert-OH is 1. The van der Waals surface area contributed by atoms with Gasteiger partial charge in [0.05, 0.1) is 75.8 Å². The Balaban J connectivity index is 0.000000146. The number of imide groups is 1. The van der Waals surface area contributed by atoms with Crippen LogP contribution in [0.5, 0.6) is 5.75 Å². The van der Waals surface area contributed by atoms with Crippen molar-refractivity contribution < 1.29 is 124 Å². The summed E-state index contributed by atoms with van der Waals surface area (Å²) in [7, 11) is 3.99. The van der Waals surface area contributed by atoms with Gasteiger partial charge in [-0.3, -0.25) is 58.2 Å². The number of benzene rings is 2. The predicted octanol–water partition coefficient (Wildman–Crippen LogP) is 12.9. The second-order valence-electron chi connectivity index (χ2n) is 43.1. The number of pyridine rings is 1. The Labute approximate surface area is 774 Å². The van der Waals surface area contributed by atoms with E-state index < -0.39 is 135 Å². The van der Waals surface area contributed by atoms with Crippen molar-refractivity contribution in [3.63, 3.8) is 0 Å². The maximum atomic E-state index is 13.8. The molecule has 9 heterocycles. The number of hydrogen-bond acceptors (Lipinski definition) is 24. The third-order valence-corrected chi connectivity index (χ3v) is 28.1. The van der Waals surface area contributed by atoms with Crippen molar-refractivity contribution in [2.24, 2.45) is 59.2 Å². The number of rotatable bonds is 9. The van der Waals surface area contributed by atoms with Crippen molar-refractivity contribution in [2.75, 3.05) is 34.5 Å². The molecule has 9 amide bonds. The summed E-state index contributed by atoms with van der Waals surface area (Å²) in [5.41, 5.74) is -3.18. The molecule has 0 radical (unpaired) electrons. The first-order valence-electron chi connectivity index (χ1n) is 46.2. The lowest BCUT2D eigenvalue weighted by atomic mass is 9.91. The number of carbonyl (C=O) groups is 13. The topological polar surface area (TPSA) is 393 Å². The fourth-order valence-electron chi connectivity index (χ4n) is 22.7. The van der Waals surface area contributed by atoms with Crippen LogP contribution in [0.1, 0.15) is 256 Å². The molecular weight excluding hydrogens is 1730 g/mol. The van der Waals surface area contributed by atoms with Gasteiger partial charge in [-0.25, -0.2) is 51.5 Å². The number of ether oxygens (including phenoxy) is 8. The van der Waals surface area contributed by atoms with E-state index in [0.29, 0.717) is 84.1 Å². The third kappa shape index (κ3) is 21.0. The molecular formula is C97H132F3N9O24. The van der Waals surface area contributed by atoms with Crippen LogP contribution < -0.4 is 10.7 Å². The van der Waals surface area contributed by atoms with Crippen LogP contribution in [-0.4, -0.2) is 262 Å². The van der Waals surface area contributed by atoms with E-state index in [1.807, 2.05) is 62.3 Å². The van der Waals surface area contributed by atoms with Gasteiger partial charge in [-0.1, -0.05) is 52.0 Å². The second kappa shape index (κ2) is 38.5. The number of carbonyl (C=O) groups excluding carboxylic acids is 13. The number of aromatic hydroxyl groups is 1. The van der Waals surface area contributed by atoms with Gasteiger partial charge >= 0.3 is 48.4 Å². The zero-order valence-corrected chi connectivity index (χ0v) is 80.4. The minimum Gasteiger partial charge on any atom is -0.503 e. The molecule has 33 nitrogen and oxygen atoms in total. The van der Waals surface area contributed by atoms with Crippen LogP contribution >= 0.6 is 0 Å². The average molecular weight is 1870 g/mol. The van der Waals surface area contributed by atoms with Crippen molar-refractivity contribution in [3.8, 4) is 5.75 Å². The number of nitrogens with one attached hydrogen (secondary N) is 1. The molecule has 730 valence electrons. The highest BCUT2D eigenvalue weighted by atomic mass is 19.1. The fraction of sp³-hybridized carbons (Fsp3) is 0.670. The maximum absolute atomic E-state index is 13.8. The van der Waals surface area contributed by atoms with Crippen LogP contribution in [0.2, 0.25) is 0 Å². The van der Waals surface area contributed by atoms with Gasteiger partial charge in [-0.15, -0.1) is 0 Å². The minimum atomic E-state index is -1.18. The first-order chi connectivity index (χ1) is 61.9. The lowest BCUT2D eigenvalue weighted by molar-refractivity contribution is -0.150. The molecule has 6 aliphatic carbocycles. The number of amides is 9. The fourth-order valence-corrected chi connectivity index (χ4v) is 22.7. The zero-order chi connectivity index (χ0) is 98.3. The SMILES string of the molecule is C=C1C[C@@H]2C[C@H]1N(C(=O)OC(C)(C)C)[C@H]2C(=O)OC.COC(=O)[C@H]1[C@@H]2CC(=O)[C@@H](C2)N1C(=O)OC(C)(C)C.COC(=O)[C@H]1[C@H]2C[C@H]([C@@H](C)C2)N1C(=O)OC(C)(C)C.C[C@H]1C[C@@H]2C[C@H]1N(C(=O)OC(C)(C)C)[C@H]2CN1C(=O)c2ccccc2C1=O.C[C@H]1C[C@@H]2C[C@H]1N(C(=O)OC(C)(C)C)[C@H]2CO.C[C@H]1C[C@@H]2C[C@H]1N1C(=O)c3c(O)c(=O)c(C(=O)NCc4c(F)cc(F)cc4F)cn3C[C@@H]21. The van der Waals surface area contributed by atoms with E-state index in [0.717, 1.165) is 69.8 Å². The molecule has 36 heteroatoms. The monoisotopic (exact) mass is 1860 g/mol. The Bertz CT molecular complexity index is 4980. The lowest BCUT2D eigenvalue weighted by Gasteiger charge is -2.42. The molecule has 17 rings (SSSR count). The maximum Gasteiger partial charge on any atom is 0.411 e. The summed E-state index contributed by atoms with van der Waals surface area (Å²) in [5, 5.41) is 22.1. The number of methoxy groups -OCH3 is 3. The number of aliphatic hydroxyl groups is 1. The van der Waals surface area contributed by atoms with Crippen LogP contribution in [0, 0.1) is 76.6 Å². The van der Waals surface area contributed by atoms with Crippen molar-refractivity contribution >= 4 is 77.8 Å². The molecule has 22 atom stereocenters. The van der Waals surface area contributed by atoms with E-state index in [4.69, 9.17) is 37.9 Å².